The first-order valence-electron chi connectivity index (χ1n) is 9.38. The molecule has 0 aromatic carbocycles. The molecular formula is C15H28N3O12P. The molecule has 0 amide bonds. The third-order valence-electron chi connectivity index (χ3n) is 4.17. The monoisotopic (exact) mass is 473 g/mol. The van der Waals surface area contributed by atoms with Gasteiger partial charge in [0, 0.05) is 0 Å². The van der Waals surface area contributed by atoms with Crippen LogP contribution in [-0.4, -0.2) is 116 Å². The maximum Gasteiger partial charge on any atom is 0.469 e. The maximum atomic E-state index is 10.8. The molecule has 5 atom stereocenters. The SMILES string of the molecule is O=P(O)(O)OCC1OC(OCCOCCOCCn2cc(CO)nn2)C(O)C(O)C1O. The van der Waals surface area contributed by atoms with Gasteiger partial charge in [0.15, 0.2) is 6.29 Å². The summed E-state index contributed by atoms with van der Waals surface area (Å²) in [5.74, 6) is 0. The van der Waals surface area contributed by atoms with Gasteiger partial charge in [0.05, 0.1) is 59.0 Å². The molecule has 1 aromatic rings. The van der Waals surface area contributed by atoms with Crippen LogP contribution >= 0.6 is 7.82 Å². The van der Waals surface area contributed by atoms with Crippen molar-refractivity contribution >= 4 is 7.82 Å². The molecule has 5 unspecified atom stereocenters. The molecular weight excluding hydrogens is 445 g/mol. The summed E-state index contributed by atoms with van der Waals surface area (Å²) in [6, 6.07) is 0. The van der Waals surface area contributed by atoms with Crippen molar-refractivity contribution in [1.29, 1.82) is 0 Å². The maximum absolute atomic E-state index is 10.8. The van der Waals surface area contributed by atoms with Gasteiger partial charge in [0.25, 0.3) is 0 Å². The highest BCUT2D eigenvalue weighted by Crippen LogP contribution is 2.37. The molecule has 0 radical (unpaired) electrons. The van der Waals surface area contributed by atoms with Gasteiger partial charge < -0.3 is 49.2 Å². The molecule has 1 aliphatic rings. The van der Waals surface area contributed by atoms with Crippen molar-refractivity contribution in [2.24, 2.45) is 0 Å². The summed E-state index contributed by atoms with van der Waals surface area (Å²) in [6.07, 6.45) is -5.91. The first-order valence-corrected chi connectivity index (χ1v) is 10.9. The summed E-state index contributed by atoms with van der Waals surface area (Å²) in [5.41, 5.74) is 0.470. The highest BCUT2D eigenvalue weighted by Gasteiger charge is 2.44. The third-order valence-corrected chi connectivity index (χ3v) is 4.66. The van der Waals surface area contributed by atoms with Crippen molar-refractivity contribution in [3.8, 4) is 0 Å². The molecule has 31 heavy (non-hydrogen) atoms. The molecule has 0 aliphatic carbocycles. The molecule has 15 nitrogen and oxygen atoms in total. The van der Waals surface area contributed by atoms with Crippen LogP contribution in [-0.2, 0) is 41.2 Å². The second kappa shape index (κ2) is 12.8. The molecule has 1 saturated heterocycles. The zero-order valence-electron chi connectivity index (χ0n) is 16.5. The normalized spacial score (nSPS) is 27.0. The van der Waals surface area contributed by atoms with Gasteiger partial charge in [-0.2, -0.15) is 0 Å². The lowest BCUT2D eigenvalue weighted by atomic mass is 9.99. The number of rotatable bonds is 14. The van der Waals surface area contributed by atoms with Crippen LogP contribution in [0.4, 0.5) is 0 Å². The smallest absolute Gasteiger partial charge is 0.390 e. The summed E-state index contributed by atoms with van der Waals surface area (Å²) in [7, 11) is -4.80. The van der Waals surface area contributed by atoms with E-state index in [1.54, 1.807) is 10.9 Å². The number of hydrogen-bond donors (Lipinski definition) is 6. The van der Waals surface area contributed by atoms with Crippen LogP contribution in [0.2, 0.25) is 0 Å². The van der Waals surface area contributed by atoms with E-state index >= 15 is 0 Å². The van der Waals surface area contributed by atoms with Gasteiger partial charge in [-0.15, -0.1) is 5.10 Å². The topological polar surface area (TPSA) is 215 Å². The van der Waals surface area contributed by atoms with E-state index < -0.39 is 45.1 Å². The highest BCUT2D eigenvalue weighted by atomic mass is 31.2. The van der Waals surface area contributed by atoms with Crippen LogP contribution in [0, 0.1) is 0 Å². The second-order valence-electron chi connectivity index (χ2n) is 6.53. The summed E-state index contributed by atoms with van der Waals surface area (Å²) in [6.45, 7) is 0.594. The van der Waals surface area contributed by atoms with Crippen LogP contribution in [0.15, 0.2) is 6.20 Å². The van der Waals surface area contributed by atoms with E-state index in [9.17, 15) is 19.9 Å². The first kappa shape index (κ1) is 26.2. The molecule has 1 fully saturated rings. The predicted molar refractivity (Wildman–Crippen MR) is 98.2 cm³/mol. The van der Waals surface area contributed by atoms with E-state index in [0.29, 0.717) is 25.5 Å². The summed E-state index contributed by atoms with van der Waals surface area (Å²) in [5, 5.41) is 46.1. The fraction of sp³-hybridized carbons (Fsp3) is 0.867. The zero-order valence-corrected chi connectivity index (χ0v) is 17.4. The zero-order chi connectivity index (χ0) is 22.9. The Morgan fingerprint density at radius 2 is 1.71 bits per heavy atom. The average molecular weight is 473 g/mol. The summed E-state index contributed by atoms with van der Waals surface area (Å²) < 4.78 is 37.8. The van der Waals surface area contributed by atoms with Crippen LogP contribution in [0.3, 0.4) is 0 Å². The molecule has 16 heteroatoms. The lowest BCUT2D eigenvalue weighted by Gasteiger charge is -2.40. The van der Waals surface area contributed by atoms with Crippen LogP contribution in [0.1, 0.15) is 5.69 Å². The van der Waals surface area contributed by atoms with Gasteiger partial charge in [-0.1, -0.05) is 5.21 Å². The minimum Gasteiger partial charge on any atom is -0.390 e. The minimum absolute atomic E-state index is 0.0283. The Hall–Kier alpha value is -1.07. The van der Waals surface area contributed by atoms with Gasteiger partial charge >= 0.3 is 7.82 Å². The van der Waals surface area contributed by atoms with Gasteiger partial charge in [0.1, 0.15) is 30.1 Å². The Kier molecular flexibility index (Phi) is 10.8. The lowest BCUT2D eigenvalue weighted by Crippen LogP contribution is -2.59. The predicted octanol–water partition coefficient (Wildman–Crippen LogP) is -3.26. The number of aromatic nitrogens is 3. The highest BCUT2D eigenvalue weighted by molar-refractivity contribution is 7.46. The number of aliphatic hydroxyl groups excluding tert-OH is 4. The van der Waals surface area contributed by atoms with Crippen molar-refractivity contribution in [2.75, 3.05) is 39.6 Å². The number of aliphatic hydroxyl groups is 4. The van der Waals surface area contributed by atoms with Crippen LogP contribution < -0.4 is 0 Å². The molecule has 2 rings (SSSR count). The number of ether oxygens (including phenoxy) is 4. The van der Waals surface area contributed by atoms with Crippen molar-refractivity contribution in [3.63, 3.8) is 0 Å². The van der Waals surface area contributed by atoms with Crippen molar-refractivity contribution < 1.29 is 58.2 Å². The standard InChI is InChI=1S/C15H28N3O12P/c19-8-10-7-18(17-16-10)1-2-26-3-4-27-5-6-28-15-14(22)13(21)12(20)11(30-15)9-29-31(23,24)25/h7,11-15,19-22H,1-6,8-9H2,(H2,23,24,25). The van der Waals surface area contributed by atoms with E-state index in [0.717, 1.165) is 0 Å². The van der Waals surface area contributed by atoms with Gasteiger partial charge in [-0.25, -0.2) is 9.25 Å². The fourth-order valence-corrected chi connectivity index (χ4v) is 2.93. The number of phosphoric ester groups is 1. The summed E-state index contributed by atoms with van der Waals surface area (Å²) >= 11 is 0. The summed E-state index contributed by atoms with van der Waals surface area (Å²) in [4.78, 5) is 17.5. The minimum atomic E-state index is -4.80. The lowest BCUT2D eigenvalue weighted by molar-refractivity contribution is -0.301. The molecule has 0 saturated carbocycles. The van der Waals surface area contributed by atoms with Gasteiger partial charge in [-0.3, -0.25) is 4.52 Å². The van der Waals surface area contributed by atoms with Crippen molar-refractivity contribution in [1.82, 2.24) is 15.0 Å². The van der Waals surface area contributed by atoms with Gasteiger partial charge in [-0.05, 0) is 0 Å². The second-order valence-corrected chi connectivity index (χ2v) is 7.77. The Morgan fingerprint density at radius 3 is 2.35 bits per heavy atom. The third kappa shape index (κ3) is 9.13. The average Bonchev–Trinajstić information content (AvgIpc) is 3.19. The Morgan fingerprint density at radius 1 is 1.03 bits per heavy atom. The molecule has 0 spiro atoms. The molecule has 1 aromatic heterocycles. The van der Waals surface area contributed by atoms with E-state index in [4.69, 9.17) is 33.8 Å². The molecule has 1 aliphatic heterocycles. The number of phosphoric acid groups is 1. The van der Waals surface area contributed by atoms with Crippen molar-refractivity contribution in [2.45, 2.75) is 43.9 Å². The van der Waals surface area contributed by atoms with E-state index in [1.165, 1.54) is 0 Å². The molecule has 6 N–H and O–H groups in total. The Balaban J connectivity index is 1.57. The Labute approximate surface area is 177 Å². The quantitative estimate of drug-likeness (QED) is 0.116. The van der Waals surface area contributed by atoms with Gasteiger partial charge in [0.2, 0.25) is 0 Å². The van der Waals surface area contributed by atoms with Crippen LogP contribution in [0.5, 0.6) is 0 Å². The fourth-order valence-electron chi connectivity index (χ4n) is 2.59. The molecule has 180 valence electrons. The first-order chi connectivity index (χ1) is 14.7. The van der Waals surface area contributed by atoms with E-state index in [2.05, 4.69) is 14.8 Å². The number of nitrogens with zero attached hydrogens (tertiary/aromatic N) is 3. The van der Waals surface area contributed by atoms with E-state index in [-0.39, 0.29) is 26.4 Å². The Bertz CT molecular complexity index is 688. The van der Waals surface area contributed by atoms with Crippen molar-refractivity contribution in [3.05, 3.63) is 11.9 Å². The number of hydrogen-bond acceptors (Lipinski definition) is 12. The largest absolute Gasteiger partial charge is 0.469 e. The van der Waals surface area contributed by atoms with E-state index in [1.807, 2.05) is 0 Å². The molecule has 0 bridgehead atoms. The molecule has 2 heterocycles. The van der Waals surface area contributed by atoms with Crippen LogP contribution in [0.25, 0.3) is 0 Å².